The van der Waals surface area contributed by atoms with Crippen LogP contribution in [0.4, 0.5) is 18.9 Å². The summed E-state index contributed by atoms with van der Waals surface area (Å²) in [5.74, 6) is -1.81. The molecule has 3 atom stereocenters. The van der Waals surface area contributed by atoms with Gasteiger partial charge in [0.15, 0.2) is 6.04 Å². The largest absolute Gasteiger partial charge is 0.414 e. The molecule has 4 rings (SSSR count). The summed E-state index contributed by atoms with van der Waals surface area (Å²) in [5.41, 5.74) is 2.67. The van der Waals surface area contributed by atoms with E-state index in [9.17, 15) is 22.8 Å². The molecule has 1 saturated heterocycles. The van der Waals surface area contributed by atoms with E-state index in [1.807, 2.05) is 18.2 Å². The third kappa shape index (κ3) is 5.24. The number of piperidine rings is 1. The lowest BCUT2D eigenvalue weighted by Crippen LogP contribution is -2.46. The normalized spacial score (nSPS) is 21.2. The van der Waals surface area contributed by atoms with Crippen molar-refractivity contribution in [2.75, 3.05) is 18.9 Å². The maximum Gasteiger partial charge on any atom is 0.414 e. The fourth-order valence-electron chi connectivity index (χ4n) is 4.57. The predicted octanol–water partition coefficient (Wildman–Crippen LogP) is 3.90. The lowest BCUT2D eigenvalue weighted by atomic mass is 9.95. The Morgan fingerprint density at radius 3 is 2.64 bits per heavy atom. The van der Waals surface area contributed by atoms with Gasteiger partial charge in [-0.25, -0.2) is 0 Å². The summed E-state index contributed by atoms with van der Waals surface area (Å²) in [7, 11) is 1.11. The molecular formula is C23H24ClF3N4O2. The third-order valence-electron chi connectivity index (χ3n) is 6.18. The summed E-state index contributed by atoms with van der Waals surface area (Å²) in [6.45, 7) is 0.273. The number of alkyl halides is 3. The summed E-state index contributed by atoms with van der Waals surface area (Å²) in [6.07, 6.45) is -1.61. The molecule has 1 aromatic heterocycles. The summed E-state index contributed by atoms with van der Waals surface area (Å²) < 4.78 is 41.8. The Kier molecular flexibility index (Phi) is 6.52. The Morgan fingerprint density at radius 1 is 1.21 bits per heavy atom. The van der Waals surface area contributed by atoms with Crippen molar-refractivity contribution in [3.05, 3.63) is 58.4 Å². The van der Waals surface area contributed by atoms with Gasteiger partial charge in [0.05, 0.1) is 17.6 Å². The van der Waals surface area contributed by atoms with Gasteiger partial charge in [0.1, 0.15) is 0 Å². The lowest BCUT2D eigenvalue weighted by Gasteiger charge is -2.33. The Labute approximate surface area is 194 Å². The van der Waals surface area contributed by atoms with Gasteiger partial charge in [-0.2, -0.15) is 13.2 Å². The van der Waals surface area contributed by atoms with Crippen LogP contribution >= 0.6 is 11.6 Å². The van der Waals surface area contributed by atoms with Crippen molar-refractivity contribution < 1.29 is 22.8 Å². The quantitative estimate of drug-likeness (QED) is 0.680. The smallest absolute Gasteiger partial charge is 0.380 e. The number of benzene rings is 1. The number of hydrogen-bond donors (Lipinski definition) is 2. The SMILES string of the molecule is CN(C(=O)C1CCNC(=O)C1)C(c1ccc(N[C@H]2Cc3ccc(Cl)cc3C2)cn1)C(F)(F)F. The van der Waals surface area contributed by atoms with Crippen molar-refractivity contribution in [2.24, 2.45) is 5.92 Å². The number of carbonyl (C=O) groups is 2. The number of hydrogen-bond acceptors (Lipinski definition) is 4. The second kappa shape index (κ2) is 9.21. The zero-order chi connectivity index (χ0) is 23.8. The molecule has 1 fully saturated rings. The first-order chi connectivity index (χ1) is 15.6. The van der Waals surface area contributed by atoms with Crippen molar-refractivity contribution in [1.29, 1.82) is 0 Å². The fraction of sp³-hybridized carbons (Fsp3) is 0.435. The topological polar surface area (TPSA) is 74.3 Å². The molecule has 10 heteroatoms. The minimum atomic E-state index is -4.71. The van der Waals surface area contributed by atoms with Gasteiger partial charge in [0.2, 0.25) is 11.8 Å². The van der Waals surface area contributed by atoms with Gasteiger partial charge in [0.25, 0.3) is 0 Å². The highest BCUT2D eigenvalue weighted by molar-refractivity contribution is 6.30. The number of carbonyl (C=O) groups excluding carboxylic acids is 2. The molecule has 2 aliphatic rings. The molecule has 6 nitrogen and oxygen atoms in total. The van der Waals surface area contributed by atoms with E-state index in [-0.39, 0.29) is 30.6 Å². The number of anilines is 1. The molecule has 2 heterocycles. The zero-order valence-corrected chi connectivity index (χ0v) is 18.7. The number of rotatable bonds is 5. The first-order valence-corrected chi connectivity index (χ1v) is 11.1. The molecule has 0 radical (unpaired) electrons. The molecule has 0 bridgehead atoms. The number of aromatic nitrogens is 1. The van der Waals surface area contributed by atoms with Crippen LogP contribution in [-0.4, -0.2) is 47.5 Å². The van der Waals surface area contributed by atoms with Gasteiger partial charge in [0, 0.05) is 37.0 Å². The van der Waals surface area contributed by atoms with Crippen molar-refractivity contribution in [2.45, 2.75) is 43.9 Å². The van der Waals surface area contributed by atoms with Crippen molar-refractivity contribution in [3.8, 4) is 0 Å². The molecule has 2 N–H and O–H groups in total. The lowest BCUT2D eigenvalue weighted by molar-refractivity contribution is -0.191. The molecule has 2 unspecified atom stereocenters. The zero-order valence-electron chi connectivity index (χ0n) is 18.0. The molecule has 1 aliphatic heterocycles. The van der Waals surface area contributed by atoms with Crippen LogP contribution in [0.15, 0.2) is 36.5 Å². The summed E-state index contributed by atoms with van der Waals surface area (Å²) in [5, 5.41) is 6.56. The third-order valence-corrected chi connectivity index (χ3v) is 6.41. The number of nitrogens with one attached hydrogen (secondary N) is 2. The Bertz CT molecular complexity index is 1040. The standard InChI is InChI=1S/C23H24ClF3N4O2/c1-31(22(33)14-6-7-28-20(32)11-14)21(23(25,26)27)19-5-4-17(12-29-19)30-18-9-13-2-3-16(24)8-15(13)10-18/h2-5,8,12,14,18,21,30H,6-7,9-11H2,1H3,(H,28,32)/t14?,18-,21?/m0/s1. The molecule has 0 saturated carbocycles. The van der Waals surface area contributed by atoms with Crippen molar-refractivity contribution >= 4 is 29.1 Å². The van der Waals surface area contributed by atoms with Crippen LogP contribution in [0.3, 0.4) is 0 Å². The Balaban J connectivity index is 1.46. The summed E-state index contributed by atoms with van der Waals surface area (Å²) >= 11 is 6.05. The van der Waals surface area contributed by atoms with Crippen molar-refractivity contribution in [1.82, 2.24) is 15.2 Å². The van der Waals surface area contributed by atoms with E-state index >= 15 is 0 Å². The highest BCUT2D eigenvalue weighted by atomic mass is 35.5. The van der Waals surface area contributed by atoms with Gasteiger partial charge in [-0.15, -0.1) is 0 Å². The minimum Gasteiger partial charge on any atom is -0.380 e. The van der Waals surface area contributed by atoms with Crippen LogP contribution in [0.2, 0.25) is 5.02 Å². The molecule has 0 spiro atoms. The van der Waals surface area contributed by atoms with Crippen molar-refractivity contribution in [3.63, 3.8) is 0 Å². The molecule has 1 aliphatic carbocycles. The van der Waals surface area contributed by atoms with Crippen LogP contribution in [0.5, 0.6) is 0 Å². The molecule has 2 amide bonds. The van der Waals surface area contributed by atoms with E-state index in [0.29, 0.717) is 22.0 Å². The highest BCUT2D eigenvalue weighted by Gasteiger charge is 2.47. The van der Waals surface area contributed by atoms with Crippen LogP contribution < -0.4 is 10.6 Å². The van der Waals surface area contributed by atoms with E-state index < -0.39 is 24.0 Å². The van der Waals surface area contributed by atoms with Gasteiger partial charge < -0.3 is 15.5 Å². The average Bonchev–Trinajstić information content (AvgIpc) is 3.14. The van der Waals surface area contributed by atoms with Crippen LogP contribution in [0, 0.1) is 5.92 Å². The van der Waals surface area contributed by atoms with E-state index in [0.717, 1.165) is 25.5 Å². The van der Waals surface area contributed by atoms with Crippen LogP contribution in [-0.2, 0) is 22.4 Å². The molecule has 1 aromatic carbocycles. The number of nitrogens with zero attached hydrogens (tertiary/aromatic N) is 2. The van der Waals surface area contributed by atoms with Gasteiger partial charge in [-0.1, -0.05) is 17.7 Å². The van der Waals surface area contributed by atoms with E-state index in [1.165, 1.54) is 17.8 Å². The van der Waals surface area contributed by atoms with Crippen LogP contribution in [0.25, 0.3) is 0 Å². The molecule has 2 aromatic rings. The number of fused-ring (bicyclic) bond motifs is 1. The number of amides is 2. The first-order valence-electron chi connectivity index (χ1n) is 10.7. The minimum absolute atomic E-state index is 0.0891. The van der Waals surface area contributed by atoms with E-state index in [4.69, 9.17) is 11.6 Å². The highest BCUT2D eigenvalue weighted by Crippen LogP contribution is 2.38. The number of pyridine rings is 1. The van der Waals surface area contributed by atoms with E-state index in [1.54, 1.807) is 6.07 Å². The van der Waals surface area contributed by atoms with E-state index in [2.05, 4.69) is 15.6 Å². The maximum absolute atomic E-state index is 13.9. The monoisotopic (exact) mass is 480 g/mol. The first kappa shape index (κ1) is 23.4. The maximum atomic E-state index is 13.9. The molecule has 176 valence electrons. The van der Waals surface area contributed by atoms with Gasteiger partial charge in [-0.05, 0) is 54.7 Å². The van der Waals surface area contributed by atoms with Gasteiger partial charge >= 0.3 is 6.18 Å². The predicted molar refractivity (Wildman–Crippen MR) is 118 cm³/mol. The fourth-order valence-corrected chi connectivity index (χ4v) is 4.77. The summed E-state index contributed by atoms with van der Waals surface area (Å²) in [6, 6.07) is 6.48. The van der Waals surface area contributed by atoms with Crippen LogP contribution in [0.1, 0.15) is 35.7 Å². The average molecular weight is 481 g/mol. The van der Waals surface area contributed by atoms with Gasteiger partial charge in [-0.3, -0.25) is 14.6 Å². The second-order valence-electron chi connectivity index (χ2n) is 8.57. The second-order valence-corrected chi connectivity index (χ2v) is 9.00. The Morgan fingerprint density at radius 2 is 1.97 bits per heavy atom. The molecule has 33 heavy (non-hydrogen) atoms. The summed E-state index contributed by atoms with van der Waals surface area (Å²) in [4.78, 5) is 29.0. The number of halogens is 4. The molecular weight excluding hydrogens is 457 g/mol. The Hall–Kier alpha value is -2.81.